The predicted molar refractivity (Wildman–Crippen MR) is 57.3 cm³/mol. The van der Waals surface area contributed by atoms with Crippen LogP contribution in [0.5, 0.6) is 0 Å². The van der Waals surface area contributed by atoms with Crippen LogP contribution in [0.4, 0.5) is 10.6 Å². The Hall–Kier alpha value is -1.98. The van der Waals surface area contributed by atoms with Gasteiger partial charge in [0.15, 0.2) is 6.29 Å². The lowest BCUT2D eigenvalue weighted by molar-refractivity contribution is 0.0635. The lowest BCUT2D eigenvalue weighted by atomic mass is 10.2. The third-order valence-corrected chi connectivity index (χ3v) is 1.49. The van der Waals surface area contributed by atoms with Gasteiger partial charge in [-0.3, -0.25) is 10.1 Å². The van der Waals surface area contributed by atoms with Crippen LogP contribution < -0.4 is 5.32 Å². The molecule has 6 nitrogen and oxygen atoms in total. The molecule has 0 bridgehead atoms. The van der Waals surface area contributed by atoms with Crippen molar-refractivity contribution in [2.45, 2.75) is 26.4 Å². The topological polar surface area (TPSA) is 81.2 Å². The van der Waals surface area contributed by atoms with Gasteiger partial charge in [-0.1, -0.05) is 0 Å². The lowest BCUT2D eigenvalue weighted by Crippen LogP contribution is -2.27. The molecule has 0 aliphatic carbocycles. The number of nitrogens with one attached hydrogen (secondary N) is 1. The molecule has 86 valence electrons. The summed E-state index contributed by atoms with van der Waals surface area (Å²) in [5, 5.41) is 2.37. The summed E-state index contributed by atoms with van der Waals surface area (Å²) >= 11 is 0. The number of carbonyl (C=O) groups is 2. The van der Waals surface area contributed by atoms with Crippen LogP contribution in [0.1, 0.15) is 31.1 Å². The Labute approximate surface area is 93.0 Å². The van der Waals surface area contributed by atoms with Crippen LogP contribution in [-0.4, -0.2) is 27.9 Å². The number of ether oxygens (including phenoxy) is 1. The lowest BCUT2D eigenvalue weighted by Gasteiger charge is -2.19. The molecule has 1 heterocycles. The average Bonchev–Trinajstić information content (AvgIpc) is 2.15. The van der Waals surface area contributed by atoms with Gasteiger partial charge in [0.1, 0.15) is 17.7 Å². The fourth-order valence-corrected chi connectivity index (χ4v) is 0.931. The number of rotatable bonds is 2. The molecule has 1 aromatic heterocycles. The number of hydrogen-bond donors (Lipinski definition) is 1. The van der Waals surface area contributed by atoms with E-state index in [0.29, 0.717) is 6.29 Å². The zero-order chi connectivity index (χ0) is 12.2. The number of aromatic nitrogens is 2. The molecule has 0 saturated carbocycles. The van der Waals surface area contributed by atoms with Crippen LogP contribution in [0.2, 0.25) is 0 Å². The summed E-state index contributed by atoms with van der Waals surface area (Å²) in [5.41, 5.74) is -0.397. The van der Waals surface area contributed by atoms with E-state index in [4.69, 9.17) is 4.74 Å². The van der Waals surface area contributed by atoms with Crippen molar-refractivity contribution in [3.05, 3.63) is 18.1 Å². The third-order valence-electron chi connectivity index (χ3n) is 1.49. The van der Waals surface area contributed by atoms with Crippen LogP contribution in [0.3, 0.4) is 0 Å². The predicted octanol–water partition coefficient (Wildman–Crippen LogP) is 1.64. The number of amides is 1. The Morgan fingerprint density at radius 1 is 1.50 bits per heavy atom. The first-order valence-electron chi connectivity index (χ1n) is 4.67. The van der Waals surface area contributed by atoms with Gasteiger partial charge in [0.2, 0.25) is 0 Å². The van der Waals surface area contributed by atoms with E-state index in [-0.39, 0.29) is 11.4 Å². The fraction of sp³-hybridized carbons (Fsp3) is 0.400. The Morgan fingerprint density at radius 3 is 2.75 bits per heavy atom. The van der Waals surface area contributed by atoms with E-state index in [1.807, 2.05) is 0 Å². The molecular weight excluding hydrogens is 210 g/mol. The summed E-state index contributed by atoms with van der Waals surface area (Å²) in [6.07, 6.45) is 2.45. The molecule has 0 aliphatic heterocycles. The van der Waals surface area contributed by atoms with Crippen LogP contribution in [-0.2, 0) is 4.74 Å². The van der Waals surface area contributed by atoms with E-state index in [2.05, 4.69) is 15.3 Å². The molecule has 1 N–H and O–H groups in total. The van der Waals surface area contributed by atoms with Crippen molar-refractivity contribution in [1.29, 1.82) is 0 Å². The highest BCUT2D eigenvalue weighted by Gasteiger charge is 2.17. The molecule has 1 rings (SSSR count). The second kappa shape index (κ2) is 4.69. The molecule has 0 aromatic carbocycles. The smallest absolute Gasteiger partial charge is 0.413 e. The largest absolute Gasteiger partial charge is 0.444 e. The molecule has 0 unspecified atom stereocenters. The summed E-state index contributed by atoms with van der Waals surface area (Å²) in [6.45, 7) is 5.23. The molecule has 6 heteroatoms. The van der Waals surface area contributed by atoms with Gasteiger partial charge < -0.3 is 4.74 Å². The first-order chi connectivity index (χ1) is 7.42. The molecular formula is C10H13N3O3. The molecule has 0 saturated heterocycles. The quantitative estimate of drug-likeness (QED) is 0.771. The van der Waals surface area contributed by atoms with Crippen LogP contribution >= 0.6 is 0 Å². The molecule has 0 atom stereocenters. The van der Waals surface area contributed by atoms with Crippen molar-refractivity contribution in [3.63, 3.8) is 0 Å². The van der Waals surface area contributed by atoms with E-state index in [9.17, 15) is 9.59 Å². The Kier molecular flexibility index (Phi) is 3.55. The second-order valence-electron chi connectivity index (χ2n) is 4.07. The minimum Gasteiger partial charge on any atom is -0.444 e. The van der Waals surface area contributed by atoms with Gasteiger partial charge in [-0.25, -0.2) is 14.8 Å². The highest BCUT2D eigenvalue weighted by Crippen LogP contribution is 2.11. The maximum absolute atomic E-state index is 11.4. The number of carbonyl (C=O) groups excluding carboxylic acids is 2. The van der Waals surface area contributed by atoms with Crippen LogP contribution in [0.15, 0.2) is 12.5 Å². The summed E-state index contributed by atoms with van der Waals surface area (Å²) < 4.78 is 5.01. The highest BCUT2D eigenvalue weighted by atomic mass is 16.6. The van der Waals surface area contributed by atoms with Crippen molar-refractivity contribution >= 4 is 18.2 Å². The first kappa shape index (κ1) is 12.1. The van der Waals surface area contributed by atoms with Crippen molar-refractivity contribution in [1.82, 2.24) is 9.97 Å². The van der Waals surface area contributed by atoms with E-state index in [1.54, 1.807) is 20.8 Å². The van der Waals surface area contributed by atoms with Gasteiger partial charge in [0, 0.05) is 6.20 Å². The molecule has 0 spiro atoms. The standard InChI is InChI=1S/C10H13N3O3/c1-10(2,3)16-9(15)13-8-7(5-14)4-11-6-12-8/h4-6H,1-3H3,(H,11,12,13,15). The van der Waals surface area contributed by atoms with Crippen molar-refractivity contribution < 1.29 is 14.3 Å². The van der Waals surface area contributed by atoms with Crippen molar-refractivity contribution in [3.8, 4) is 0 Å². The van der Waals surface area contributed by atoms with E-state index < -0.39 is 11.7 Å². The normalized spacial score (nSPS) is 10.7. The van der Waals surface area contributed by atoms with Crippen molar-refractivity contribution in [2.24, 2.45) is 0 Å². The Morgan fingerprint density at radius 2 is 2.19 bits per heavy atom. The maximum atomic E-state index is 11.4. The minimum absolute atomic E-state index is 0.138. The average molecular weight is 223 g/mol. The van der Waals surface area contributed by atoms with Gasteiger partial charge >= 0.3 is 6.09 Å². The van der Waals surface area contributed by atoms with Gasteiger partial charge in [0.05, 0.1) is 5.56 Å². The first-order valence-corrected chi connectivity index (χ1v) is 4.67. The molecule has 16 heavy (non-hydrogen) atoms. The monoisotopic (exact) mass is 223 g/mol. The van der Waals surface area contributed by atoms with Gasteiger partial charge in [-0.2, -0.15) is 0 Å². The molecule has 1 amide bonds. The second-order valence-corrected chi connectivity index (χ2v) is 4.07. The summed E-state index contributed by atoms with van der Waals surface area (Å²) in [6, 6.07) is 0. The number of hydrogen-bond acceptors (Lipinski definition) is 5. The highest BCUT2D eigenvalue weighted by molar-refractivity contribution is 5.91. The fourth-order valence-electron chi connectivity index (χ4n) is 0.931. The maximum Gasteiger partial charge on any atom is 0.413 e. The Balaban J connectivity index is 2.73. The minimum atomic E-state index is -0.658. The van der Waals surface area contributed by atoms with E-state index >= 15 is 0 Å². The van der Waals surface area contributed by atoms with E-state index in [1.165, 1.54) is 12.5 Å². The van der Waals surface area contributed by atoms with Crippen LogP contribution in [0, 0.1) is 0 Å². The summed E-state index contributed by atoms with van der Waals surface area (Å²) in [4.78, 5) is 29.4. The van der Waals surface area contributed by atoms with E-state index in [0.717, 1.165) is 0 Å². The zero-order valence-corrected chi connectivity index (χ0v) is 9.35. The molecule has 0 aliphatic rings. The third kappa shape index (κ3) is 3.64. The molecule has 0 fully saturated rings. The number of nitrogens with zero attached hydrogens (tertiary/aromatic N) is 2. The number of aldehydes is 1. The summed E-state index contributed by atoms with van der Waals surface area (Å²) in [7, 11) is 0. The van der Waals surface area contributed by atoms with Crippen molar-refractivity contribution in [2.75, 3.05) is 5.32 Å². The van der Waals surface area contributed by atoms with Crippen LogP contribution in [0.25, 0.3) is 0 Å². The Bertz CT molecular complexity index is 399. The number of anilines is 1. The molecule has 0 radical (unpaired) electrons. The SMILES string of the molecule is CC(C)(C)OC(=O)Nc1ncncc1C=O. The zero-order valence-electron chi connectivity index (χ0n) is 9.35. The van der Waals surface area contributed by atoms with Gasteiger partial charge in [-0.15, -0.1) is 0 Å². The molecule has 1 aromatic rings. The summed E-state index contributed by atoms with van der Waals surface area (Å²) in [5.74, 6) is 0.138. The van der Waals surface area contributed by atoms with Gasteiger partial charge in [0.25, 0.3) is 0 Å². The van der Waals surface area contributed by atoms with Gasteiger partial charge in [-0.05, 0) is 20.8 Å².